The number of nitrogens with one attached hydrogen (secondary N) is 1. The summed E-state index contributed by atoms with van der Waals surface area (Å²) in [5, 5.41) is 3.03. The van der Waals surface area contributed by atoms with Gasteiger partial charge in [0.25, 0.3) is 11.8 Å². The van der Waals surface area contributed by atoms with Crippen LogP contribution in [0.4, 0.5) is 13.2 Å². The van der Waals surface area contributed by atoms with Crippen LogP contribution < -0.4 is 14.8 Å². The molecule has 14 heteroatoms. The molecule has 6 rings (SSSR count). The van der Waals surface area contributed by atoms with Gasteiger partial charge in [0.1, 0.15) is 11.5 Å². The predicted octanol–water partition coefficient (Wildman–Crippen LogP) is 5.27. The van der Waals surface area contributed by atoms with Crippen molar-refractivity contribution in [1.82, 2.24) is 19.5 Å². The molecule has 0 spiro atoms. The molecular weight excluding hydrogens is 661 g/mol. The Bertz CT molecular complexity index is 1880. The van der Waals surface area contributed by atoms with Crippen molar-refractivity contribution in [2.24, 2.45) is 11.8 Å². The van der Waals surface area contributed by atoms with Crippen molar-refractivity contribution in [3.63, 3.8) is 0 Å². The Balaban J connectivity index is 1.05. The maximum absolute atomic E-state index is 13.7. The number of pyridine rings is 1. The molecule has 1 saturated heterocycles. The summed E-state index contributed by atoms with van der Waals surface area (Å²) in [6.45, 7) is 3.23. The molecule has 2 aliphatic rings. The minimum atomic E-state index is -4.81. The van der Waals surface area contributed by atoms with Crippen LogP contribution in [0.5, 0.6) is 11.5 Å². The number of sulfonamides is 1. The number of rotatable bonds is 12. The third-order valence-electron chi connectivity index (χ3n) is 8.53. The molecule has 1 unspecified atom stereocenters. The van der Waals surface area contributed by atoms with Crippen LogP contribution in [-0.2, 0) is 23.1 Å². The van der Waals surface area contributed by atoms with Gasteiger partial charge < -0.3 is 19.7 Å². The lowest BCUT2D eigenvalue weighted by Gasteiger charge is -2.22. The first kappa shape index (κ1) is 33.9. The van der Waals surface area contributed by atoms with Gasteiger partial charge in [0.15, 0.2) is 0 Å². The highest BCUT2D eigenvalue weighted by Gasteiger charge is 2.57. The Labute approximate surface area is 281 Å². The number of fused-ring (bicyclic) bond motifs is 1. The Hall–Kier alpha value is -4.95. The summed E-state index contributed by atoms with van der Waals surface area (Å²) in [4.78, 5) is 32.0. The van der Waals surface area contributed by atoms with Crippen molar-refractivity contribution < 1.29 is 40.7 Å². The Morgan fingerprint density at radius 3 is 2.10 bits per heavy atom. The van der Waals surface area contributed by atoms with E-state index in [1.54, 1.807) is 65.7 Å². The monoisotopic (exact) mass is 694 g/mol. The van der Waals surface area contributed by atoms with E-state index in [4.69, 9.17) is 4.74 Å². The van der Waals surface area contributed by atoms with Gasteiger partial charge in [0.2, 0.25) is 10.0 Å². The largest absolute Gasteiger partial charge is 0.573 e. The summed E-state index contributed by atoms with van der Waals surface area (Å²) in [5.74, 6) is -0.260. The Morgan fingerprint density at radius 1 is 0.878 bits per heavy atom. The zero-order chi connectivity index (χ0) is 34.8. The number of alkyl halides is 3. The SMILES string of the molecule is CCOc1ccc(S(=O)(=O)N(Cc2ccc(C(=O)NC3[C@H]4CN(C(=O)c5ccc(OC(F)(F)F)cc5)C[C@@H]34)cc2)Cc2ccccn2)cc1. The van der Waals surface area contributed by atoms with Crippen LogP contribution in [0.3, 0.4) is 0 Å². The molecule has 4 aromatic rings. The summed E-state index contributed by atoms with van der Waals surface area (Å²) in [7, 11) is -3.93. The van der Waals surface area contributed by atoms with Gasteiger partial charge in [-0.2, -0.15) is 4.31 Å². The molecule has 10 nitrogen and oxygen atoms in total. The molecule has 1 aromatic heterocycles. The Morgan fingerprint density at radius 2 is 1.51 bits per heavy atom. The van der Waals surface area contributed by atoms with Gasteiger partial charge in [-0.15, -0.1) is 13.2 Å². The topological polar surface area (TPSA) is 118 Å². The number of carbonyl (C=O) groups excluding carboxylic acids is 2. The van der Waals surface area contributed by atoms with Crippen LogP contribution in [0.2, 0.25) is 0 Å². The molecule has 1 saturated carbocycles. The highest BCUT2D eigenvalue weighted by molar-refractivity contribution is 7.89. The highest BCUT2D eigenvalue weighted by atomic mass is 32.2. The van der Waals surface area contributed by atoms with Gasteiger partial charge in [-0.25, -0.2) is 8.42 Å². The fourth-order valence-electron chi connectivity index (χ4n) is 6.01. The van der Waals surface area contributed by atoms with E-state index in [1.165, 1.54) is 28.6 Å². The number of likely N-dealkylation sites (tertiary alicyclic amines) is 1. The Kier molecular flexibility index (Phi) is 9.61. The molecule has 2 fully saturated rings. The van der Waals surface area contributed by atoms with Crippen molar-refractivity contribution in [3.05, 3.63) is 120 Å². The van der Waals surface area contributed by atoms with E-state index in [1.807, 2.05) is 6.92 Å². The molecule has 0 bridgehead atoms. The van der Waals surface area contributed by atoms with Crippen LogP contribution in [0.1, 0.15) is 38.9 Å². The summed E-state index contributed by atoms with van der Waals surface area (Å²) in [6.07, 6.45) is -3.21. The summed E-state index contributed by atoms with van der Waals surface area (Å²) < 4.78 is 75.4. The lowest BCUT2D eigenvalue weighted by molar-refractivity contribution is -0.274. The van der Waals surface area contributed by atoms with E-state index in [0.29, 0.717) is 42.3 Å². The molecule has 256 valence electrons. The molecule has 3 aromatic carbocycles. The summed E-state index contributed by atoms with van der Waals surface area (Å²) >= 11 is 0. The van der Waals surface area contributed by atoms with Gasteiger partial charge in [0.05, 0.1) is 23.7 Å². The first-order valence-corrected chi connectivity index (χ1v) is 17.0. The second kappa shape index (κ2) is 13.9. The minimum Gasteiger partial charge on any atom is -0.494 e. The number of carbonyl (C=O) groups is 2. The van der Waals surface area contributed by atoms with Crippen LogP contribution >= 0.6 is 0 Å². The van der Waals surface area contributed by atoms with Crippen LogP contribution in [0.25, 0.3) is 0 Å². The molecule has 0 radical (unpaired) electrons. The maximum atomic E-state index is 13.7. The van der Waals surface area contributed by atoms with Crippen LogP contribution in [0.15, 0.2) is 102 Å². The van der Waals surface area contributed by atoms with Crippen LogP contribution in [-0.4, -0.2) is 66.5 Å². The number of nitrogens with zero attached hydrogens (tertiary/aromatic N) is 3. The van der Waals surface area contributed by atoms with Gasteiger partial charge >= 0.3 is 6.36 Å². The van der Waals surface area contributed by atoms with Crippen molar-refractivity contribution in [1.29, 1.82) is 0 Å². The second-order valence-electron chi connectivity index (χ2n) is 11.8. The lowest BCUT2D eigenvalue weighted by Crippen LogP contribution is -2.37. The average Bonchev–Trinajstić information content (AvgIpc) is 3.50. The third kappa shape index (κ3) is 8.03. The molecule has 49 heavy (non-hydrogen) atoms. The molecular formula is C35H33F3N4O6S. The van der Waals surface area contributed by atoms with Gasteiger partial charge in [-0.1, -0.05) is 18.2 Å². The fourth-order valence-corrected chi connectivity index (χ4v) is 7.41. The molecule has 2 heterocycles. The van der Waals surface area contributed by atoms with Gasteiger partial charge in [-0.05, 0) is 85.3 Å². The zero-order valence-corrected chi connectivity index (χ0v) is 27.2. The van der Waals surface area contributed by atoms with E-state index >= 15 is 0 Å². The number of halogens is 3. The average molecular weight is 695 g/mol. The summed E-state index contributed by atoms with van der Waals surface area (Å²) in [5.41, 5.74) is 1.92. The minimum absolute atomic E-state index is 0.0420. The third-order valence-corrected chi connectivity index (χ3v) is 10.3. The van der Waals surface area contributed by atoms with Gasteiger partial charge in [-0.3, -0.25) is 14.6 Å². The quantitative estimate of drug-likeness (QED) is 0.215. The fraction of sp³-hybridized carbons (Fsp3) is 0.286. The number of benzene rings is 3. The molecule has 3 atom stereocenters. The van der Waals surface area contributed by atoms with E-state index in [0.717, 1.165) is 12.1 Å². The van der Waals surface area contributed by atoms with Crippen molar-refractivity contribution in [2.75, 3.05) is 19.7 Å². The normalized spacial score (nSPS) is 18.6. The number of ether oxygens (including phenoxy) is 2. The first-order chi connectivity index (χ1) is 23.4. The number of piperidine rings is 1. The molecule has 1 aliphatic carbocycles. The number of aromatic nitrogens is 1. The number of hydrogen-bond acceptors (Lipinski definition) is 7. The van der Waals surface area contributed by atoms with E-state index < -0.39 is 22.1 Å². The second-order valence-corrected chi connectivity index (χ2v) is 13.7. The van der Waals surface area contributed by atoms with Crippen molar-refractivity contribution in [3.8, 4) is 11.5 Å². The van der Waals surface area contributed by atoms with Gasteiger partial charge in [0, 0.05) is 54.8 Å². The molecule has 1 aliphatic heterocycles. The lowest BCUT2D eigenvalue weighted by atomic mass is 10.1. The first-order valence-electron chi connectivity index (χ1n) is 15.6. The van der Waals surface area contributed by atoms with Crippen molar-refractivity contribution >= 4 is 21.8 Å². The molecule has 1 N–H and O–H groups in total. The summed E-state index contributed by atoms with van der Waals surface area (Å²) in [6, 6.07) is 23.0. The maximum Gasteiger partial charge on any atom is 0.573 e. The molecule has 2 amide bonds. The zero-order valence-electron chi connectivity index (χ0n) is 26.3. The van der Waals surface area contributed by atoms with Crippen LogP contribution in [0, 0.1) is 11.8 Å². The smallest absolute Gasteiger partial charge is 0.494 e. The predicted molar refractivity (Wildman–Crippen MR) is 172 cm³/mol. The van der Waals surface area contributed by atoms with E-state index in [2.05, 4.69) is 15.0 Å². The number of hydrogen-bond donors (Lipinski definition) is 1. The van der Waals surface area contributed by atoms with E-state index in [-0.39, 0.29) is 53.2 Å². The van der Waals surface area contributed by atoms with E-state index in [9.17, 15) is 31.2 Å². The van der Waals surface area contributed by atoms with Crippen molar-refractivity contribution in [2.45, 2.75) is 37.3 Å². The standard InChI is InChI=1S/C35H33F3N4O6S/c1-2-47-27-14-16-29(17-15-27)49(45,46)42(20-26-5-3-4-18-39-26)19-23-6-8-24(9-7-23)33(43)40-32-30-21-41(22-31(30)32)34(44)25-10-12-28(13-11-25)48-35(36,37)38/h3-18,30-32H,2,19-22H2,1H3,(H,40,43)/t30-,31+,32?. The highest BCUT2D eigenvalue weighted by Crippen LogP contribution is 2.46. The number of amides is 2.